The third kappa shape index (κ3) is 5.70. The van der Waals surface area contributed by atoms with E-state index in [1.807, 2.05) is 54.6 Å². The highest BCUT2D eigenvalue weighted by atomic mass is 19.1. The summed E-state index contributed by atoms with van der Waals surface area (Å²) >= 11 is 0. The molecule has 1 fully saturated rings. The van der Waals surface area contributed by atoms with Gasteiger partial charge in [-0.3, -0.25) is 14.6 Å². The van der Waals surface area contributed by atoms with Crippen molar-refractivity contribution in [3.63, 3.8) is 0 Å². The Morgan fingerprint density at radius 1 is 1.00 bits per heavy atom. The number of hydrogen-bond acceptors (Lipinski definition) is 5. The highest BCUT2D eigenvalue weighted by Crippen LogP contribution is 2.35. The summed E-state index contributed by atoms with van der Waals surface area (Å²) in [5.41, 5.74) is 3.61. The number of fused-ring (bicyclic) bond motifs is 1. The van der Waals surface area contributed by atoms with Crippen LogP contribution in [-0.4, -0.2) is 49.0 Å². The monoisotopic (exact) mass is 527 g/mol. The molecule has 1 aliphatic heterocycles. The van der Waals surface area contributed by atoms with Gasteiger partial charge in [0.1, 0.15) is 11.4 Å². The van der Waals surface area contributed by atoms with E-state index < -0.39 is 11.7 Å². The van der Waals surface area contributed by atoms with Gasteiger partial charge in [0.25, 0.3) is 5.91 Å². The quantitative estimate of drug-likeness (QED) is 0.339. The van der Waals surface area contributed by atoms with Gasteiger partial charge < -0.3 is 19.7 Å². The summed E-state index contributed by atoms with van der Waals surface area (Å²) in [6.07, 6.45) is 3.53. The molecule has 1 N–H and O–H groups in total. The summed E-state index contributed by atoms with van der Waals surface area (Å²) in [5.74, 6) is -0.420. The first-order chi connectivity index (χ1) is 19.0. The molecule has 1 aromatic heterocycles. The lowest BCUT2D eigenvalue weighted by atomic mass is 9.89. The molecule has 3 aromatic carbocycles. The standard InChI is InChI=1S/C31H30FN3O4/c1-38-27-12-10-25(32)29(30(27)39-2)31(37)35-16-13-22(14-17-35)21-6-8-24(9-7-21)34-28(36)19-20-5-11-26-23(18-20)4-3-15-33-26/h3-12,15,18,22H,13-14,16-17,19H2,1-2H3,(H,34,36). The van der Waals surface area contributed by atoms with Gasteiger partial charge in [0.05, 0.1) is 26.2 Å². The van der Waals surface area contributed by atoms with Crippen LogP contribution in [0.5, 0.6) is 11.5 Å². The fourth-order valence-corrected chi connectivity index (χ4v) is 5.14. The normalized spacial score (nSPS) is 13.8. The van der Waals surface area contributed by atoms with Crippen LogP contribution in [0.25, 0.3) is 10.9 Å². The Hall–Kier alpha value is -4.46. The maximum atomic E-state index is 14.6. The SMILES string of the molecule is COc1ccc(F)c(C(=O)N2CCC(c3ccc(NC(=O)Cc4ccc5ncccc5c4)cc3)CC2)c1OC. The molecule has 4 aromatic rings. The van der Waals surface area contributed by atoms with Gasteiger partial charge in [-0.1, -0.05) is 24.3 Å². The van der Waals surface area contributed by atoms with Crippen LogP contribution in [0, 0.1) is 5.82 Å². The van der Waals surface area contributed by atoms with E-state index in [0.29, 0.717) is 18.8 Å². The predicted octanol–water partition coefficient (Wildman–Crippen LogP) is 5.59. The third-order valence-electron chi connectivity index (χ3n) is 7.19. The van der Waals surface area contributed by atoms with E-state index in [0.717, 1.165) is 40.6 Å². The number of aromatic nitrogens is 1. The molecule has 39 heavy (non-hydrogen) atoms. The van der Waals surface area contributed by atoms with Gasteiger partial charge in [-0.25, -0.2) is 4.39 Å². The maximum Gasteiger partial charge on any atom is 0.260 e. The van der Waals surface area contributed by atoms with Crippen molar-refractivity contribution in [2.24, 2.45) is 0 Å². The number of methoxy groups -OCH3 is 2. The minimum absolute atomic E-state index is 0.0852. The lowest BCUT2D eigenvalue weighted by molar-refractivity contribution is -0.115. The molecule has 0 atom stereocenters. The van der Waals surface area contributed by atoms with E-state index in [-0.39, 0.29) is 29.6 Å². The van der Waals surface area contributed by atoms with Gasteiger partial charge in [0, 0.05) is 30.4 Å². The van der Waals surface area contributed by atoms with E-state index >= 15 is 0 Å². The number of piperidine rings is 1. The van der Waals surface area contributed by atoms with Crippen molar-refractivity contribution < 1.29 is 23.5 Å². The van der Waals surface area contributed by atoms with E-state index in [1.165, 1.54) is 26.4 Å². The molecule has 8 heteroatoms. The van der Waals surface area contributed by atoms with Gasteiger partial charge in [0.2, 0.25) is 5.91 Å². The molecular formula is C31H30FN3O4. The fourth-order valence-electron chi connectivity index (χ4n) is 5.14. The van der Waals surface area contributed by atoms with Gasteiger partial charge in [-0.05, 0) is 72.4 Å². The number of nitrogens with zero attached hydrogens (tertiary/aromatic N) is 2. The molecule has 2 heterocycles. The molecule has 200 valence electrons. The highest BCUT2D eigenvalue weighted by molar-refractivity contribution is 5.98. The first-order valence-electron chi connectivity index (χ1n) is 12.9. The number of anilines is 1. The minimum atomic E-state index is -0.630. The molecule has 7 nitrogen and oxygen atoms in total. The second-order valence-corrected chi connectivity index (χ2v) is 9.60. The molecule has 0 spiro atoms. The summed E-state index contributed by atoms with van der Waals surface area (Å²) < 4.78 is 25.1. The Bertz CT molecular complexity index is 1500. The second-order valence-electron chi connectivity index (χ2n) is 9.60. The van der Waals surface area contributed by atoms with Crippen molar-refractivity contribution in [3.8, 4) is 11.5 Å². The second kappa shape index (κ2) is 11.5. The van der Waals surface area contributed by atoms with Crippen LogP contribution in [0.3, 0.4) is 0 Å². The number of ether oxygens (including phenoxy) is 2. The van der Waals surface area contributed by atoms with Gasteiger partial charge >= 0.3 is 0 Å². The number of benzene rings is 3. The number of carbonyl (C=O) groups excluding carboxylic acids is 2. The lowest BCUT2D eigenvalue weighted by Gasteiger charge is -2.32. The van der Waals surface area contributed by atoms with Gasteiger partial charge in [0.15, 0.2) is 11.5 Å². The van der Waals surface area contributed by atoms with Crippen LogP contribution < -0.4 is 14.8 Å². The first kappa shape index (κ1) is 26.2. The first-order valence-corrected chi connectivity index (χ1v) is 12.9. The minimum Gasteiger partial charge on any atom is -0.493 e. The molecule has 0 saturated carbocycles. The average molecular weight is 528 g/mol. The fraction of sp³-hybridized carbons (Fsp3) is 0.258. The number of likely N-dealkylation sites (tertiary alicyclic amines) is 1. The molecule has 0 unspecified atom stereocenters. The summed E-state index contributed by atoms with van der Waals surface area (Å²) in [5, 5.41) is 3.98. The van der Waals surface area contributed by atoms with Crippen molar-refractivity contribution >= 4 is 28.4 Å². The van der Waals surface area contributed by atoms with Crippen LogP contribution in [-0.2, 0) is 11.2 Å². The molecular weight excluding hydrogens is 497 g/mol. The molecule has 0 aliphatic carbocycles. The Morgan fingerprint density at radius 3 is 2.49 bits per heavy atom. The van der Waals surface area contributed by atoms with E-state index in [2.05, 4.69) is 10.3 Å². The van der Waals surface area contributed by atoms with E-state index in [9.17, 15) is 14.0 Å². The molecule has 2 amide bonds. The smallest absolute Gasteiger partial charge is 0.260 e. The summed E-state index contributed by atoms with van der Waals surface area (Å²) in [6, 6.07) is 20.2. The number of rotatable bonds is 7. The number of amides is 2. The third-order valence-corrected chi connectivity index (χ3v) is 7.19. The number of pyridine rings is 1. The number of hydrogen-bond donors (Lipinski definition) is 1. The summed E-state index contributed by atoms with van der Waals surface area (Å²) in [6.45, 7) is 1.01. The number of halogens is 1. The molecule has 0 bridgehead atoms. The topological polar surface area (TPSA) is 80.8 Å². The summed E-state index contributed by atoms with van der Waals surface area (Å²) in [7, 11) is 2.85. The Labute approximate surface area is 226 Å². The Balaban J connectivity index is 1.17. The molecule has 5 rings (SSSR count). The van der Waals surface area contributed by atoms with Crippen LogP contribution in [0.2, 0.25) is 0 Å². The van der Waals surface area contributed by atoms with Crippen LogP contribution >= 0.6 is 0 Å². The lowest BCUT2D eigenvalue weighted by Crippen LogP contribution is -2.38. The van der Waals surface area contributed by atoms with Crippen LogP contribution in [0.4, 0.5) is 10.1 Å². The van der Waals surface area contributed by atoms with Crippen molar-refractivity contribution in [1.82, 2.24) is 9.88 Å². The number of carbonyl (C=O) groups is 2. The zero-order chi connectivity index (χ0) is 27.4. The highest BCUT2D eigenvalue weighted by Gasteiger charge is 2.29. The molecule has 1 saturated heterocycles. The van der Waals surface area contributed by atoms with E-state index in [4.69, 9.17) is 9.47 Å². The molecule has 1 aliphatic rings. The van der Waals surface area contributed by atoms with Crippen molar-refractivity contribution in [3.05, 3.63) is 95.4 Å². The van der Waals surface area contributed by atoms with Crippen molar-refractivity contribution in [2.75, 3.05) is 32.6 Å². The predicted molar refractivity (Wildman–Crippen MR) is 148 cm³/mol. The van der Waals surface area contributed by atoms with Gasteiger partial charge in [-0.15, -0.1) is 0 Å². The van der Waals surface area contributed by atoms with Gasteiger partial charge in [-0.2, -0.15) is 0 Å². The zero-order valence-corrected chi connectivity index (χ0v) is 21.9. The van der Waals surface area contributed by atoms with Crippen LogP contribution in [0.15, 0.2) is 72.9 Å². The summed E-state index contributed by atoms with van der Waals surface area (Å²) in [4.78, 5) is 31.8. The Kier molecular flexibility index (Phi) is 7.72. The Morgan fingerprint density at radius 2 is 1.77 bits per heavy atom. The maximum absolute atomic E-state index is 14.6. The van der Waals surface area contributed by atoms with Crippen LogP contribution in [0.1, 0.15) is 40.2 Å². The largest absolute Gasteiger partial charge is 0.493 e. The molecule has 0 radical (unpaired) electrons. The van der Waals surface area contributed by atoms with E-state index in [1.54, 1.807) is 11.1 Å². The van der Waals surface area contributed by atoms with Crippen molar-refractivity contribution in [2.45, 2.75) is 25.2 Å². The van der Waals surface area contributed by atoms with Crippen molar-refractivity contribution in [1.29, 1.82) is 0 Å². The average Bonchev–Trinajstić information content (AvgIpc) is 2.97. The number of nitrogens with one attached hydrogen (secondary N) is 1. The zero-order valence-electron chi connectivity index (χ0n) is 21.9.